The lowest BCUT2D eigenvalue weighted by atomic mass is 10.0. The van der Waals surface area contributed by atoms with Crippen LogP contribution in [0.1, 0.15) is 64.7 Å². The summed E-state index contributed by atoms with van der Waals surface area (Å²) in [6.45, 7) is 3.41. The molecule has 0 radical (unpaired) electrons. The van der Waals surface area contributed by atoms with Crippen molar-refractivity contribution in [2.75, 3.05) is 28.6 Å². The number of anilines is 4. The van der Waals surface area contributed by atoms with Crippen LogP contribution in [0.15, 0.2) is 30.3 Å². The molecular weight excluding hydrogens is 448 g/mol. The third-order valence-corrected chi connectivity index (χ3v) is 6.69. The average molecular weight is 485 g/mol. The second-order valence-electron chi connectivity index (χ2n) is 9.06. The monoisotopic (exact) mass is 484 g/mol. The predicted octanol–water partition coefficient (Wildman–Crippen LogP) is 5.03. The average Bonchev–Trinajstić information content (AvgIpc) is 3.26. The molecule has 1 aliphatic heterocycles. The number of nitrogens with zero attached hydrogens (tertiary/aromatic N) is 5. The number of nitriles is 1. The fourth-order valence-electron chi connectivity index (χ4n) is 4.88. The Kier molecular flexibility index (Phi) is 10.2. The van der Waals surface area contributed by atoms with E-state index in [9.17, 15) is 5.26 Å². The molecule has 1 aliphatic carbocycles. The minimum Gasteiger partial charge on any atom is -0.351 e. The summed E-state index contributed by atoms with van der Waals surface area (Å²) < 4.78 is 0. The van der Waals surface area contributed by atoms with E-state index in [-0.39, 0.29) is 25.0 Å². The summed E-state index contributed by atoms with van der Waals surface area (Å²) in [7, 11) is 0. The Balaban J connectivity index is 0.00000324. The van der Waals surface area contributed by atoms with Gasteiger partial charge in [-0.1, -0.05) is 50.8 Å². The van der Waals surface area contributed by atoms with Crippen molar-refractivity contribution < 1.29 is 0 Å². The molecule has 0 bridgehead atoms. The molecule has 34 heavy (non-hydrogen) atoms. The third-order valence-electron chi connectivity index (χ3n) is 6.69. The molecule has 1 aromatic heterocycles. The normalized spacial score (nSPS) is 19.4. The van der Waals surface area contributed by atoms with Gasteiger partial charge in [0, 0.05) is 23.8 Å². The number of para-hydroxylation sites is 1. The van der Waals surface area contributed by atoms with Crippen molar-refractivity contribution in [2.45, 2.75) is 82.8 Å². The molecule has 2 unspecified atom stereocenters. The first-order chi connectivity index (χ1) is 16.3. The van der Waals surface area contributed by atoms with Gasteiger partial charge in [0.05, 0.1) is 6.07 Å². The highest BCUT2D eigenvalue weighted by Gasteiger charge is 2.25. The van der Waals surface area contributed by atoms with Gasteiger partial charge in [-0.05, 0) is 50.8 Å². The highest BCUT2D eigenvalue weighted by molar-refractivity contribution is 5.85. The fraction of sp³-hybridized carbons (Fsp3) is 0.600. The van der Waals surface area contributed by atoms with Gasteiger partial charge < -0.3 is 16.0 Å². The van der Waals surface area contributed by atoms with Crippen LogP contribution in [-0.4, -0.2) is 46.2 Å². The van der Waals surface area contributed by atoms with E-state index in [0.29, 0.717) is 29.9 Å². The predicted molar refractivity (Wildman–Crippen MR) is 140 cm³/mol. The largest absolute Gasteiger partial charge is 0.351 e. The topological polar surface area (TPSA) is 102 Å². The molecule has 2 atom stereocenters. The Labute approximate surface area is 209 Å². The lowest BCUT2D eigenvalue weighted by Crippen LogP contribution is -2.40. The molecule has 1 saturated carbocycles. The minimum atomic E-state index is 0. The van der Waals surface area contributed by atoms with Crippen LogP contribution in [0.5, 0.6) is 0 Å². The van der Waals surface area contributed by atoms with Gasteiger partial charge in [-0.15, -0.1) is 12.4 Å². The van der Waals surface area contributed by atoms with E-state index >= 15 is 0 Å². The SMILES string of the molecule is CCC(Nc1nc(NC2CCCCCC2)nc(N(CC#N)c2ccccc2)n1)C1CCCN1.Cl. The minimum absolute atomic E-state index is 0. The maximum Gasteiger partial charge on any atom is 0.237 e. The van der Waals surface area contributed by atoms with Crippen LogP contribution in [0.2, 0.25) is 0 Å². The summed E-state index contributed by atoms with van der Waals surface area (Å²) in [4.78, 5) is 16.2. The number of rotatable bonds is 9. The molecule has 2 heterocycles. The van der Waals surface area contributed by atoms with Crippen molar-refractivity contribution in [3.05, 3.63) is 30.3 Å². The lowest BCUT2D eigenvalue weighted by Gasteiger charge is -2.26. The summed E-state index contributed by atoms with van der Waals surface area (Å²) in [6, 6.07) is 13.1. The zero-order valence-electron chi connectivity index (χ0n) is 20.0. The summed E-state index contributed by atoms with van der Waals surface area (Å²) in [5.41, 5.74) is 0.890. The Bertz CT molecular complexity index is 905. The van der Waals surface area contributed by atoms with Crippen molar-refractivity contribution in [1.82, 2.24) is 20.3 Å². The van der Waals surface area contributed by atoms with Gasteiger partial charge >= 0.3 is 0 Å². The molecule has 2 aromatic rings. The summed E-state index contributed by atoms with van der Waals surface area (Å²) in [5.74, 6) is 1.64. The van der Waals surface area contributed by atoms with Crippen molar-refractivity contribution in [3.8, 4) is 6.07 Å². The zero-order chi connectivity index (χ0) is 22.9. The van der Waals surface area contributed by atoms with Crippen LogP contribution in [0.25, 0.3) is 0 Å². The van der Waals surface area contributed by atoms with Crippen molar-refractivity contribution in [2.24, 2.45) is 0 Å². The first-order valence-electron chi connectivity index (χ1n) is 12.5. The van der Waals surface area contributed by atoms with Gasteiger partial charge in [0.15, 0.2) is 0 Å². The molecule has 9 heteroatoms. The van der Waals surface area contributed by atoms with E-state index in [4.69, 9.17) is 15.0 Å². The van der Waals surface area contributed by atoms with Crippen LogP contribution in [0.4, 0.5) is 23.5 Å². The van der Waals surface area contributed by atoms with Crippen LogP contribution in [-0.2, 0) is 0 Å². The maximum atomic E-state index is 9.51. The number of hydrogen-bond acceptors (Lipinski definition) is 8. The highest BCUT2D eigenvalue weighted by atomic mass is 35.5. The van der Waals surface area contributed by atoms with Crippen LogP contribution in [0, 0.1) is 11.3 Å². The molecule has 1 aromatic carbocycles. The van der Waals surface area contributed by atoms with E-state index in [0.717, 1.165) is 37.9 Å². The molecule has 2 aliphatic rings. The zero-order valence-corrected chi connectivity index (χ0v) is 20.9. The third kappa shape index (κ3) is 6.94. The van der Waals surface area contributed by atoms with Gasteiger partial charge in [0.1, 0.15) is 6.54 Å². The number of nitrogens with one attached hydrogen (secondary N) is 3. The Morgan fingerprint density at radius 1 is 1.03 bits per heavy atom. The number of aromatic nitrogens is 3. The molecule has 4 rings (SSSR count). The summed E-state index contributed by atoms with van der Waals surface area (Å²) in [6.07, 6.45) is 10.7. The number of hydrogen-bond donors (Lipinski definition) is 3. The first-order valence-corrected chi connectivity index (χ1v) is 12.5. The summed E-state index contributed by atoms with van der Waals surface area (Å²) >= 11 is 0. The molecule has 1 saturated heterocycles. The quantitative estimate of drug-likeness (QED) is 0.336. The second-order valence-corrected chi connectivity index (χ2v) is 9.06. The Morgan fingerprint density at radius 2 is 1.76 bits per heavy atom. The van der Waals surface area contributed by atoms with Gasteiger partial charge in [0.25, 0.3) is 0 Å². The first kappa shape index (κ1) is 26.0. The van der Waals surface area contributed by atoms with Crippen LogP contribution in [0.3, 0.4) is 0 Å². The van der Waals surface area contributed by atoms with Crippen molar-refractivity contribution in [3.63, 3.8) is 0 Å². The van der Waals surface area contributed by atoms with Crippen molar-refractivity contribution in [1.29, 1.82) is 5.26 Å². The van der Waals surface area contributed by atoms with Crippen molar-refractivity contribution >= 4 is 35.9 Å². The lowest BCUT2D eigenvalue weighted by molar-refractivity contribution is 0.496. The van der Waals surface area contributed by atoms with Crippen LogP contribution >= 0.6 is 12.4 Å². The maximum absolute atomic E-state index is 9.51. The van der Waals surface area contributed by atoms with Crippen LogP contribution < -0.4 is 20.9 Å². The summed E-state index contributed by atoms with van der Waals surface area (Å²) in [5, 5.41) is 20.3. The number of halogens is 1. The van der Waals surface area contributed by atoms with Gasteiger partial charge in [0.2, 0.25) is 17.8 Å². The Morgan fingerprint density at radius 3 is 2.41 bits per heavy atom. The smallest absolute Gasteiger partial charge is 0.237 e. The van der Waals surface area contributed by atoms with E-state index in [1.54, 1.807) is 0 Å². The molecular formula is C25H37ClN8. The van der Waals surface area contributed by atoms with Gasteiger partial charge in [-0.25, -0.2) is 0 Å². The van der Waals surface area contributed by atoms with E-state index in [1.807, 2.05) is 35.2 Å². The van der Waals surface area contributed by atoms with Gasteiger partial charge in [-0.3, -0.25) is 4.90 Å². The van der Waals surface area contributed by atoms with E-state index in [1.165, 1.54) is 32.1 Å². The van der Waals surface area contributed by atoms with E-state index in [2.05, 4.69) is 28.9 Å². The van der Waals surface area contributed by atoms with E-state index < -0.39 is 0 Å². The Hall–Kier alpha value is -2.63. The molecule has 184 valence electrons. The standard InChI is InChI=1S/C25H36N8.ClH/c1-2-21(22-15-10-17-27-22)29-24-30-23(28-19-11-6-3-4-7-12-19)31-25(32-24)33(18-16-26)20-13-8-5-9-14-20;/h5,8-9,13-14,19,21-22,27H,2-4,6-7,10-12,15,17-18H2,1H3,(H2,28,29,30,31,32);1H. The molecule has 8 nitrogen and oxygen atoms in total. The second kappa shape index (κ2) is 13.3. The fourth-order valence-corrected chi connectivity index (χ4v) is 4.88. The molecule has 0 amide bonds. The highest BCUT2D eigenvalue weighted by Crippen LogP contribution is 2.26. The van der Waals surface area contributed by atoms with Gasteiger partial charge in [-0.2, -0.15) is 20.2 Å². The molecule has 0 spiro atoms. The molecule has 2 fully saturated rings. The number of benzene rings is 1. The molecule has 3 N–H and O–H groups in total.